The fourth-order valence-electron chi connectivity index (χ4n) is 1.34. The van der Waals surface area contributed by atoms with Crippen molar-refractivity contribution < 1.29 is 9.18 Å². The first-order valence-corrected chi connectivity index (χ1v) is 6.79. The minimum atomic E-state index is -0.490. The molecule has 0 aromatic heterocycles. The van der Waals surface area contributed by atoms with Gasteiger partial charge in [0.2, 0.25) is 5.91 Å². The van der Waals surface area contributed by atoms with E-state index >= 15 is 0 Å². The number of thioether (sulfide) groups is 1. The first kappa shape index (κ1) is 14.0. The number of benzene rings is 1. The molecule has 0 saturated carbocycles. The molecular formula is C12H17FN2OS. The second-order valence-electron chi connectivity index (χ2n) is 3.74. The molecule has 0 spiro atoms. The Bertz CT molecular complexity index is 373. The van der Waals surface area contributed by atoms with Gasteiger partial charge in [0.15, 0.2) is 0 Å². The van der Waals surface area contributed by atoms with E-state index in [0.717, 1.165) is 11.3 Å². The van der Waals surface area contributed by atoms with E-state index in [1.54, 1.807) is 23.9 Å². The predicted octanol–water partition coefficient (Wildman–Crippen LogP) is 1.52. The fraction of sp³-hybridized carbons (Fsp3) is 0.417. The van der Waals surface area contributed by atoms with E-state index in [9.17, 15) is 9.18 Å². The Hall–Kier alpha value is -1.07. The third-order valence-corrected chi connectivity index (χ3v) is 2.97. The number of rotatable bonds is 6. The number of amides is 1. The van der Waals surface area contributed by atoms with Crippen molar-refractivity contribution >= 4 is 17.7 Å². The summed E-state index contributed by atoms with van der Waals surface area (Å²) in [6, 6.07) is 5.65. The van der Waals surface area contributed by atoms with Crippen LogP contribution in [0.15, 0.2) is 24.3 Å². The highest BCUT2D eigenvalue weighted by Crippen LogP contribution is 2.03. The Labute approximate surface area is 105 Å². The molecule has 0 radical (unpaired) electrons. The van der Waals surface area contributed by atoms with Crippen molar-refractivity contribution in [2.75, 3.05) is 12.0 Å². The van der Waals surface area contributed by atoms with Gasteiger partial charge < -0.3 is 11.1 Å². The molecule has 0 saturated heterocycles. The van der Waals surface area contributed by atoms with Crippen LogP contribution in [-0.2, 0) is 11.3 Å². The molecule has 3 N–H and O–H groups in total. The van der Waals surface area contributed by atoms with Crippen LogP contribution in [0, 0.1) is 5.82 Å². The van der Waals surface area contributed by atoms with Crippen LogP contribution in [0.5, 0.6) is 0 Å². The van der Waals surface area contributed by atoms with Gasteiger partial charge in [-0.3, -0.25) is 4.79 Å². The second-order valence-corrected chi connectivity index (χ2v) is 4.72. The smallest absolute Gasteiger partial charge is 0.237 e. The van der Waals surface area contributed by atoms with Crippen molar-refractivity contribution in [3.63, 3.8) is 0 Å². The quantitative estimate of drug-likeness (QED) is 0.811. The van der Waals surface area contributed by atoms with Crippen LogP contribution in [0.4, 0.5) is 4.39 Å². The van der Waals surface area contributed by atoms with Crippen LogP contribution in [-0.4, -0.2) is 24.0 Å². The lowest BCUT2D eigenvalue weighted by atomic mass is 10.2. The number of halogens is 1. The zero-order chi connectivity index (χ0) is 12.7. The number of hydrogen-bond acceptors (Lipinski definition) is 3. The average Bonchev–Trinajstić information content (AvgIpc) is 2.33. The molecule has 17 heavy (non-hydrogen) atoms. The van der Waals surface area contributed by atoms with Gasteiger partial charge >= 0.3 is 0 Å². The third-order valence-electron chi connectivity index (χ3n) is 2.33. The lowest BCUT2D eigenvalue weighted by molar-refractivity contribution is -0.122. The van der Waals surface area contributed by atoms with Crippen LogP contribution in [0.3, 0.4) is 0 Å². The van der Waals surface area contributed by atoms with E-state index in [1.807, 2.05) is 6.26 Å². The summed E-state index contributed by atoms with van der Waals surface area (Å²) in [5.74, 6) is 0.362. The van der Waals surface area contributed by atoms with Crippen LogP contribution >= 0.6 is 11.8 Å². The maximum Gasteiger partial charge on any atom is 0.237 e. The van der Waals surface area contributed by atoms with Crippen molar-refractivity contribution in [3.8, 4) is 0 Å². The van der Waals surface area contributed by atoms with Crippen molar-refractivity contribution in [3.05, 3.63) is 35.6 Å². The number of nitrogens with two attached hydrogens (primary N) is 1. The summed E-state index contributed by atoms with van der Waals surface area (Å²) in [5, 5.41) is 2.69. The molecule has 0 aliphatic heterocycles. The molecule has 1 aromatic rings. The van der Waals surface area contributed by atoms with Crippen molar-refractivity contribution in [1.29, 1.82) is 0 Å². The van der Waals surface area contributed by atoms with Gasteiger partial charge in [-0.2, -0.15) is 11.8 Å². The first-order chi connectivity index (χ1) is 8.13. The topological polar surface area (TPSA) is 55.1 Å². The molecule has 0 bridgehead atoms. The lowest BCUT2D eigenvalue weighted by Crippen LogP contribution is -2.40. The largest absolute Gasteiger partial charge is 0.351 e. The molecule has 0 fully saturated rings. The highest BCUT2D eigenvalue weighted by atomic mass is 32.2. The molecule has 1 rings (SSSR count). The van der Waals surface area contributed by atoms with E-state index in [0.29, 0.717) is 13.0 Å². The Kier molecular flexibility index (Phi) is 6.00. The predicted molar refractivity (Wildman–Crippen MR) is 69.2 cm³/mol. The van der Waals surface area contributed by atoms with Crippen LogP contribution in [0.1, 0.15) is 12.0 Å². The van der Waals surface area contributed by atoms with Crippen LogP contribution in [0.25, 0.3) is 0 Å². The molecule has 0 unspecified atom stereocenters. The summed E-state index contributed by atoms with van der Waals surface area (Å²) in [4.78, 5) is 11.6. The van der Waals surface area contributed by atoms with Crippen LogP contribution in [0.2, 0.25) is 0 Å². The number of hydrogen-bond donors (Lipinski definition) is 2. The molecule has 0 aliphatic carbocycles. The van der Waals surface area contributed by atoms with Gasteiger partial charge in [0.25, 0.3) is 0 Å². The standard InChI is InChI=1S/C12H17FN2OS/c1-17-6-5-11(14)12(16)15-8-9-3-2-4-10(13)7-9/h2-4,7,11H,5-6,8,14H2,1H3,(H,15,16)/t11-/m0/s1. The van der Waals surface area contributed by atoms with E-state index in [1.165, 1.54) is 12.1 Å². The van der Waals surface area contributed by atoms with Crippen molar-refractivity contribution in [1.82, 2.24) is 5.32 Å². The third kappa shape index (κ3) is 5.19. The van der Waals surface area contributed by atoms with Gasteiger partial charge in [0.1, 0.15) is 5.82 Å². The summed E-state index contributed by atoms with van der Waals surface area (Å²) in [6.07, 6.45) is 2.62. The maximum atomic E-state index is 12.9. The Balaban J connectivity index is 2.37. The Morgan fingerprint density at radius 3 is 3.00 bits per heavy atom. The zero-order valence-corrected chi connectivity index (χ0v) is 10.6. The van der Waals surface area contributed by atoms with Gasteiger partial charge in [-0.05, 0) is 36.1 Å². The molecule has 0 heterocycles. The summed E-state index contributed by atoms with van der Waals surface area (Å²) in [6.45, 7) is 0.309. The van der Waals surface area contributed by atoms with Gasteiger partial charge in [0.05, 0.1) is 6.04 Å². The summed E-state index contributed by atoms with van der Waals surface area (Å²) in [5.41, 5.74) is 6.43. The van der Waals surface area contributed by atoms with Gasteiger partial charge in [-0.25, -0.2) is 4.39 Å². The average molecular weight is 256 g/mol. The van der Waals surface area contributed by atoms with E-state index in [2.05, 4.69) is 5.32 Å². The van der Waals surface area contributed by atoms with Gasteiger partial charge in [-0.1, -0.05) is 12.1 Å². The Morgan fingerprint density at radius 2 is 2.35 bits per heavy atom. The summed E-state index contributed by atoms with van der Waals surface area (Å²) < 4.78 is 12.9. The fourth-order valence-corrected chi connectivity index (χ4v) is 1.83. The molecule has 1 amide bonds. The van der Waals surface area contributed by atoms with E-state index < -0.39 is 6.04 Å². The molecular weight excluding hydrogens is 239 g/mol. The minimum absolute atomic E-state index is 0.191. The molecule has 1 aromatic carbocycles. The molecule has 94 valence electrons. The van der Waals surface area contributed by atoms with Gasteiger partial charge in [-0.15, -0.1) is 0 Å². The lowest BCUT2D eigenvalue weighted by Gasteiger charge is -2.11. The highest BCUT2D eigenvalue weighted by molar-refractivity contribution is 7.98. The number of carbonyl (C=O) groups is 1. The monoisotopic (exact) mass is 256 g/mol. The van der Waals surface area contributed by atoms with Gasteiger partial charge in [0, 0.05) is 6.54 Å². The number of nitrogens with one attached hydrogen (secondary N) is 1. The minimum Gasteiger partial charge on any atom is -0.351 e. The van der Waals surface area contributed by atoms with Crippen molar-refractivity contribution in [2.24, 2.45) is 5.73 Å². The maximum absolute atomic E-state index is 12.9. The zero-order valence-electron chi connectivity index (χ0n) is 9.78. The second kappa shape index (κ2) is 7.29. The first-order valence-electron chi connectivity index (χ1n) is 5.40. The van der Waals surface area contributed by atoms with Crippen molar-refractivity contribution in [2.45, 2.75) is 19.0 Å². The van der Waals surface area contributed by atoms with E-state index in [4.69, 9.17) is 5.73 Å². The highest BCUT2D eigenvalue weighted by Gasteiger charge is 2.12. The molecule has 5 heteroatoms. The van der Waals surface area contributed by atoms with Crippen LogP contribution < -0.4 is 11.1 Å². The molecule has 0 aliphatic rings. The molecule has 1 atom stereocenters. The SMILES string of the molecule is CSCC[C@H](N)C(=O)NCc1cccc(F)c1. The normalized spacial score (nSPS) is 12.2. The molecule has 3 nitrogen and oxygen atoms in total. The Morgan fingerprint density at radius 1 is 1.59 bits per heavy atom. The number of carbonyl (C=O) groups excluding carboxylic acids is 1. The summed E-state index contributed by atoms with van der Waals surface area (Å²) in [7, 11) is 0. The van der Waals surface area contributed by atoms with E-state index in [-0.39, 0.29) is 11.7 Å². The summed E-state index contributed by atoms with van der Waals surface area (Å²) >= 11 is 1.65.